The number of ether oxygens (including phenoxy) is 2. The van der Waals surface area contributed by atoms with Gasteiger partial charge in [0.1, 0.15) is 48.9 Å². The first kappa shape index (κ1) is 49.3. The molecule has 1 aliphatic rings. The lowest BCUT2D eigenvalue weighted by Gasteiger charge is -2.32. The highest BCUT2D eigenvalue weighted by Gasteiger charge is 2.36. The van der Waals surface area contributed by atoms with Crippen molar-refractivity contribution in [3.8, 4) is 34.0 Å². The molecule has 2 heterocycles. The molecule has 1 aliphatic heterocycles. The van der Waals surface area contributed by atoms with Gasteiger partial charge >= 0.3 is 0 Å². The van der Waals surface area contributed by atoms with Crippen molar-refractivity contribution in [1.29, 1.82) is 5.41 Å². The summed E-state index contributed by atoms with van der Waals surface area (Å²) in [6, 6.07) is 13.2. The van der Waals surface area contributed by atoms with Gasteiger partial charge in [-0.25, -0.2) is 9.97 Å². The fourth-order valence-corrected chi connectivity index (χ4v) is 7.34. The Morgan fingerprint density at radius 2 is 1.57 bits per heavy atom. The number of carbonyl (C=O) groups excluding carboxylic acids is 5. The molecular formula is C47H61N11O7. The van der Waals surface area contributed by atoms with Crippen LogP contribution in [0.15, 0.2) is 66.9 Å². The Morgan fingerprint density at radius 3 is 2.17 bits per heavy atom. The van der Waals surface area contributed by atoms with Crippen LogP contribution in [0.5, 0.6) is 11.5 Å². The SMILES string of the molecule is Cc1nc(-c2ccc(C(C)(C)C)cc2)ncc1C(=O)N[C@@H](CCN)C(=O)N(C)[C@@H]1C(=O)N[C@@H](C)C(=O)N[C@H](C(=O)NCC=N)Cc2ccc(OCCN)c(c2)-c2cc1ccc2OCCN. The highest BCUT2D eigenvalue weighted by molar-refractivity contribution is 6.00. The molecule has 0 radical (unpaired) electrons. The van der Waals surface area contributed by atoms with E-state index in [1.807, 2.05) is 24.3 Å². The van der Waals surface area contributed by atoms with Crippen molar-refractivity contribution in [2.45, 2.75) is 77.0 Å². The van der Waals surface area contributed by atoms with Gasteiger partial charge < -0.3 is 58.3 Å². The second-order valence-electron chi connectivity index (χ2n) is 16.8. The number of benzene rings is 3. The highest BCUT2D eigenvalue weighted by atomic mass is 16.5. The van der Waals surface area contributed by atoms with E-state index in [4.69, 9.17) is 32.1 Å². The Hall–Kier alpha value is -6.76. The zero-order valence-corrected chi connectivity index (χ0v) is 37.8. The van der Waals surface area contributed by atoms with Gasteiger partial charge in [0, 0.05) is 55.7 Å². The maximum absolute atomic E-state index is 14.6. The van der Waals surface area contributed by atoms with E-state index in [0.717, 1.165) is 17.3 Å². The summed E-state index contributed by atoms with van der Waals surface area (Å²) in [7, 11) is 1.42. The molecule has 1 aromatic heterocycles. The zero-order valence-electron chi connectivity index (χ0n) is 37.8. The van der Waals surface area contributed by atoms with E-state index in [0.29, 0.717) is 45.3 Å². The number of rotatable bonds is 16. The molecule has 0 spiro atoms. The molecule has 5 rings (SSSR count). The molecule has 4 bridgehead atoms. The predicted molar refractivity (Wildman–Crippen MR) is 247 cm³/mol. The Morgan fingerprint density at radius 1 is 0.923 bits per heavy atom. The molecule has 0 saturated carbocycles. The number of nitrogens with two attached hydrogens (primary N) is 3. The van der Waals surface area contributed by atoms with E-state index in [-0.39, 0.29) is 63.2 Å². The minimum Gasteiger partial charge on any atom is -0.492 e. The van der Waals surface area contributed by atoms with E-state index in [1.165, 1.54) is 25.1 Å². The average Bonchev–Trinajstić information content (AvgIpc) is 3.28. The van der Waals surface area contributed by atoms with Crippen LogP contribution >= 0.6 is 0 Å². The molecule has 0 aliphatic carbocycles. The second kappa shape index (κ2) is 22.2. The number of carbonyl (C=O) groups is 5. The number of likely N-dealkylation sites (N-methyl/N-ethyl adjacent to an activating group) is 1. The molecule has 4 atom stereocenters. The van der Waals surface area contributed by atoms with E-state index in [1.54, 1.807) is 43.3 Å². The number of aromatic nitrogens is 2. The number of nitrogens with one attached hydrogen (secondary N) is 5. The van der Waals surface area contributed by atoms with Gasteiger partial charge in [0.05, 0.1) is 17.8 Å². The van der Waals surface area contributed by atoms with Crippen molar-refractivity contribution in [2.24, 2.45) is 17.2 Å². The third-order valence-electron chi connectivity index (χ3n) is 10.9. The minimum atomic E-state index is -1.39. The van der Waals surface area contributed by atoms with Crippen LogP contribution in [0.2, 0.25) is 0 Å². The van der Waals surface area contributed by atoms with E-state index < -0.39 is 53.7 Å². The molecule has 0 unspecified atom stereocenters. The van der Waals surface area contributed by atoms with Crippen molar-refractivity contribution in [3.05, 3.63) is 94.8 Å². The van der Waals surface area contributed by atoms with Gasteiger partial charge in [0.2, 0.25) is 23.6 Å². The van der Waals surface area contributed by atoms with Gasteiger partial charge in [-0.3, -0.25) is 24.0 Å². The molecule has 18 nitrogen and oxygen atoms in total. The minimum absolute atomic E-state index is 0.00535. The molecule has 0 saturated heterocycles. The second-order valence-corrected chi connectivity index (χ2v) is 16.8. The molecular weight excluding hydrogens is 831 g/mol. The number of hydrogen-bond acceptors (Lipinski definition) is 13. The summed E-state index contributed by atoms with van der Waals surface area (Å²) in [5.74, 6) is -2.02. The quantitative estimate of drug-likeness (QED) is 0.0751. The molecule has 346 valence electrons. The van der Waals surface area contributed by atoms with Crippen LogP contribution in [-0.2, 0) is 31.0 Å². The zero-order chi connectivity index (χ0) is 47.4. The fraction of sp³-hybridized carbons (Fsp3) is 0.404. The van der Waals surface area contributed by atoms with Crippen molar-refractivity contribution < 1.29 is 33.4 Å². The summed E-state index contributed by atoms with van der Waals surface area (Å²) in [5, 5.41) is 18.3. The molecule has 18 heteroatoms. The standard InChI is InChI=1S/C47H61N11O7/c1-27-35(26-53-41(54-27)30-8-11-32(12-9-30)47(3,4)5)43(60)56-36(15-16-48)46(63)58(6)40-31-10-14-39(65-22-19-51)34(25-31)33-23-29(7-13-38(33)64-21-18-50)24-37(44(61)52-20-17-49)57-42(59)28(2)55-45(40)62/h7-14,17,23,25-26,28,36-37,40,49H,15-16,18-22,24,48,50-51H2,1-6H3,(H,52,61)(H,55,62)(H,56,60)(H,57,59)/t28-,36-,37-,40-/m0/s1. The summed E-state index contributed by atoms with van der Waals surface area (Å²) in [6.07, 6.45) is 2.47. The van der Waals surface area contributed by atoms with E-state index in [9.17, 15) is 24.0 Å². The van der Waals surface area contributed by atoms with Crippen LogP contribution in [0.25, 0.3) is 22.5 Å². The van der Waals surface area contributed by atoms with Gasteiger partial charge in [-0.15, -0.1) is 0 Å². The molecule has 5 amide bonds. The predicted octanol–water partition coefficient (Wildman–Crippen LogP) is 2.05. The molecule has 3 aromatic carbocycles. The molecule has 65 heavy (non-hydrogen) atoms. The summed E-state index contributed by atoms with van der Waals surface area (Å²) in [5.41, 5.74) is 22.0. The normalized spacial score (nSPS) is 16.8. The van der Waals surface area contributed by atoms with Crippen molar-refractivity contribution in [2.75, 3.05) is 46.4 Å². The third kappa shape index (κ3) is 12.3. The lowest BCUT2D eigenvalue weighted by Crippen LogP contribution is -2.56. The van der Waals surface area contributed by atoms with Crippen molar-refractivity contribution in [3.63, 3.8) is 0 Å². The highest BCUT2D eigenvalue weighted by Crippen LogP contribution is 2.40. The van der Waals surface area contributed by atoms with Gasteiger partial charge in [-0.1, -0.05) is 57.2 Å². The lowest BCUT2D eigenvalue weighted by molar-refractivity contribution is -0.141. The maximum atomic E-state index is 14.6. The van der Waals surface area contributed by atoms with Gasteiger partial charge in [-0.05, 0) is 73.2 Å². The maximum Gasteiger partial charge on any atom is 0.255 e. The third-order valence-corrected chi connectivity index (χ3v) is 10.9. The first-order valence-electron chi connectivity index (χ1n) is 21.5. The lowest BCUT2D eigenvalue weighted by atomic mass is 9.87. The van der Waals surface area contributed by atoms with Gasteiger partial charge in [0.15, 0.2) is 5.82 Å². The van der Waals surface area contributed by atoms with Crippen LogP contribution in [-0.4, -0.2) is 115 Å². The smallest absolute Gasteiger partial charge is 0.255 e. The van der Waals surface area contributed by atoms with Crippen LogP contribution < -0.4 is 47.9 Å². The average molecular weight is 892 g/mol. The monoisotopic (exact) mass is 891 g/mol. The number of nitrogens with zero attached hydrogens (tertiary/aromatic N) is 3. The Labute approximate surface area is 379 Å². The summed E-state index contributed by atoms with van der Waals surface area (Å²) < 4.78 is 12.2. The van der Waals surface area contributed by atoms with Crippen LogP contribution in [0, 0.1) is 12.3 Å². The first-order chi connectivity index (χ1) is 31.0. The van der Waals surface area contributed by atoms with E-state index >= 15 is 0 Å². The van der Waals surface area contributed by atoms with Gasteiger partial charge in [-0.2, -0.15) is 0 Å². The van der Waals surface area contributed by atoms with E-state index in [2.05, 4.69) is 52.0 Å². The molecule has 11 N–H and O–H groups in total. The fourth-order valence-electron chi connectivity index (χ4n) is 7.34. The summed E-state index contributed by atoms with van der Waals surface area (Å²) >= 11 is 0. The van der Waals surface area contributed by atoms with Crippen molar-refractivity contribution in [1.82, 2.24) is 36.1 Å². The van der Waals surface area contributed by atoms with Crippen molar-refractivity contribution >= 4 is 35.8 Å². The largest absolute Gasteiger partial charge is 0.492 e. The first-order valence-corrected chi connectivity index (χ1v) is 21.5. The Kier molecular flexibility index (Phi) is 16.8. The number of amides is 5. The summed E-state index contributed by atoms with van der Waals surface area (Å²) in [4.78, 5) is 80.5. The Balaban J connectivity index is 1.55. The summed E-state index contributed by atoms with van der Waals surface area (Å²) in [6.45, 7) is 10.1. The molecule has 4 aromatic rings. The number of aryl methyl sites for hydroxylation is 1. The number of hydrogen-bond donors (Lipinski definition) is 8. The Bertz CT molecular complexity index is 2370. The van der Waals surface area contributed by atoms with Gasteiger partial charge in [0.25, 0.3) is 5.91 Å². The molecule has 0 fully saturated rings. The van der Waals surface area contributed by atoms with Crippen LogP contribution in [0.4, 0.5) is 0 Å². The van der Waals surface area contributed by atoms with Crippen LogP contribution in [0.3, 0.4) is 0 Å². The number of fused-ring (bicyclic) bond motifs is 5. The topological polar surface area (TPSA) is 283 Å². The van der Waals surface area contributed by atoms with Crippen LogP contribution in [0.1, 0.15) is 72.9 Å².